The van der Waals surface area contributed by atoms with E-state index in [1.54, 1.807) is 12.1 Å². The van der Waals surface area contributed by atoms with Gasteiger partial charge in [0.1, 0.15) is 10.7 Å². The molecule has 0 spiro atoms. The van der Waals surface area contributed by atoms with Crippen LogP contribution in [0.25, 0.3) is 0 Å². The van der Waals surface area contributed by atoms with Crippen molar-refractivity contribution in [2.45, 2.75) is 11.4 Å². The molecule has 2 heterocycles. The van der Waals surface area contributed by atoms with Crippen molar-refractivity contribution in [2.24, 2.45) is 0 Å². The highest BCUT2D eigenvalue weighted by molar-refractivity contribution is 9.10. The average molecular weight is 426 g/mol. The summed E-state index contributed by atoms with van der Waals surface area (Å²) >= 11 is 3.42. The summed E-state index contributed by atoms with van der Waals surface area (Å²) in [5.41, 5.74) is 1.15. The topological polar surface area (TPSA) is 62.7 Å². The molecule has 8 heteroatoms. The third-order valence-electron chi connectivity index (χ3n) is 4.05. The smallest absolute Gasteiger partial charge is 0.244 e. The summed E-state index contributed by atoms with van der Waals surface area (Å²) in [6.07, 6.45) is 1.43. The van der Waals surface area contributed by atoms with Crippen LogP contribution in [0.2, 0.25) is 0 Å². The van der Waals surface area contributed by atoms with E-state index < -0.39 is 10.0 Å². The van der Waals surface area contributed by atoms with Crippen molar-refractivity contribution < 1.29 is 13.2 Å². The molecule has 0 unspecified atom stereocenters. The molecule has 25 heavy (non-hydrogen) atoms. The Kier molecular flexibility index (Phi) is 5.73. The lowest BCUT2D eigenvalue weighted by molar-refractivity contribution is 0.0730. The summed E-state index contributed by atoms with van der Waals surface area (Å²) in [7, 11) is -1.57. The Morgan fingerprint density at radius 3 is 2.44 bits per heavy atom. The van der Waals surface area contributed by atoms with Crippen molar-refractivity contribution in [3.63, 3.8) is 0 Å². The maximum atomic E-state index is 12.6. The summed E-state index contributed by atoms with van der Waals surface area (Å²) in [6.45, 7) is 2.32. The van der Waals surface area contributed by atoms with Gasteiger partial charge in [-0.25, -0.2) is 13.4 Å². The van der Waals surface area contributed by atoms with Crippen LogP contribution in [0, 0.1) is 0 Å². The lowest BCUT2D eigenvalue weighted by atomic mass is 10.2. The summed E-state index contributed by atoms with van der Waals surface area (Å²) in [5.74, 6) is 0.726. The second-order valence-electron chi connectivity index (χ2n) is 5.85. The van der Waals surface area contributed by atoms with E-state index in [2.05, 4.69) is 20.9 Å². The van der Waals surface area contributed by atoms with Crippen LogP contribution in [0.1, 0.15) is 5.56 Å². The fourth-order valence-corrected chi connectivity index (χ4v) is 4.25. The van der Waals surface area contributed by atoms with Gasteiger partial charge < -0.3 is 9.64 Å². The zero-order valence-corrected chi connectivity index (χ0v) is 16.3. The number of hydrogen-bond donors (Lipinski definition) is 0. The van der Waals surface area contributed by atoms with Crippen LogP contribution in [0.5, 0.6) is 0 Å². The van der Waals surface area contributed by atoms with Gasteiger partial charge in [-0.2, -0.15) is 4.31 Å². The normalized spacial score (nSPS) is 15.9. The lowest BCUT2D eigenvalue weighted by Crippen LogP contribution is -2.40. The number of rotatable bonds is 5. The second-order valence-corrected chi connectivity index (χ2v) is 8.70. The predicted octanol–water partition coefficient (Wildman–Crippen LogP) is 2.50. The molecular weight excluding hydrogens is 406 g/mol. The minimum atomic E-state index is -3.50. The van der Waals surface area contributed by atoms with Crippen LogP contribution in [-0.4, -0.2) is 51.1 Å². The van der Waals surface area contributed by atoms with Crippen molar-refractivity contribution >= 4 is 31.8 Å². The van der Waals surface area contributed by atoms with E-state index in [1.807, 2.05) is 36.2 Å². The van der Waals surface area contributed by atoms with Gasteiger partial charge in [-0.15, -0.1) is 0 Å². The maximum absolute atomic E-state index is 12.6. The van der Waals surface area contributed by atoms with Crippen molar-refractivity contribution in [1.82, 2.24) is 9.29 Å². The van der Waals surface area contributed by atoms with E-state index >= 15 is 0 Å². The number of hydrogen-bond acceptors (Lipinski definition) is 5. The Labute approximate surface area is 156 Å². The molecule has 1 aliphatic heterocycles. The van der Waals surface area contributed by atoms with Gasteiger partial charge in [0.05, 0.1) is 13.2 Å². The fraction of sp³-hybridized carbons (Fsp3) is 0.353. The van der Waals surface area contributed by atoms with E-state index in [1.165, 1.54) is 10.5 Å². The number of ether oxygens (including phenoxy) is 1. The Hall–Kier alpha value is -1.48. The monoisotopic (exact) mass is 425 g/mol. The van der Waals surface area contributed by atoms with Gasteiger partial charge in [0.15, 0.2) is 0 Å². The Bertz CT molecular complexity index is 804. The number of aromatic nitrogens is 1. The number of morpholine rings is 1. The molecule has 0 amide bonds. The van der Waals surface area contributed by atoms with Crippen LogP contribution < -0.4 is 4.90 Å². The van der Waals surface area contributed by atoms with E-state index in [9.17, 15) is 8.42 Å². The molecule has 1 aliphatic rings. The number of halogens is 1. The minimum absolute atomic E-state index is 0.218. The quantitative estimate of drug-likeness (QED) is 0.736. The maximum Gasteiger partial charge on any atom is 0.244 e. The van der Waals surface area contributed by atoms with Crippen LogP contribution in [0.3, 0.4) is 0 Å². The van der Waals surface area contributed by atoms with Gasteiger partial charge in [-0.3, -0.25) is 0 Å². The number of sulfonamides is 1. The third-order valence-corrected chi connectivity index (χ3v) is 6.46. The highest BCUT2D eigenvalue weighted by Gasteiger charge is 2.26. The van der Waals surface area contributed by atoms with Crippen LogP contribution in [-0.2, 0) is 21.3 Å². The molecule has 1 aromatic carbocycles. The molecule has 0 N–H and O–H groups in total. The molecule has 0 radical (unpaired) electrons. The summed E-state index contributed by atoms with van der Waals surface area (Å²) < 4.78 is 32.9. The van der Waals surface area contributed by atoms with Crippen molar-refractivity contribution in [3.8, 4) is 0 Å². The van der Waals surface area contributed by atoms with Crippen molar-refractivity contribution in [3.05, 3.63) is 52.6 Å². The Morgan fingerprint density at radius 2 is 1.84 bits per heavy atom. The van der Waals surface area contributed by atoms with Gasteiger partial charge in [0.2, 0.25) is 10.0 Å². The SMILES string of the molecule is CN(Cc1ccc(Br)cc1)c1ccc(S(=O)(=O)N2CCOCC2)cn1. The zero-order chi connectivity index (χ0) is 17.9. The molecule has 0 saturated carbocycles. The zero-order valence-electron chi connectivity index (χ0n) is 13.9. The molecule has 1 saturated heterocycles. The molecule has 1 aromatic heterocycles. The number of benzene rings is 1. The van der Waals surface area contributed by atoms with Gasteiger partial charge >= 0.3 is 0 Å². The molecular formula is C17H20BrN3O3S. The molecule has 2 aromatic rings. The molecule has 0 atom stereocenters. The second kappa shape index (κ2) is 7.82. The molecule has 1 fully saturated rings. The van der Waals surface area contributed by atoms with Gasteiger partial charge in [-0.1, -0.05) is 28.1 Å². The van der Waals surface area contributed by atoms with Crippen molar-refractivity contribution in [1.29, 1.82) is 0 Å². The van der Waals surface area contributed by atoms with E-state index in [4.69, 9.17) is 4.74 Å². The number of pyridine rings is 1. The summed E-state index contributed by atoms with van der Waals surface area (Å²) in [6, 6.07) is 11.4. The summed E-state index contributed by atoms with van der Waals surface area (Å²) in [4.78, 5) is 6.53. The highest BCUT2D eigenvalue weighted by Crippen LogP contribution is 2.20. The van der Waals surface area contributed by atoms with Gasteiger partial charge in [0.25, 0.3) is 0 Å². The molecule has 0 bridgehead atoms. The predicted molar refractivity (Wildman–Crippen MR) is 100 cm³/mol. The first-order valence-corrected chi connectivity index (χ1v) is 10.2. The Balaban J connectivity index is 1.71. The first-order valence-electron chi connectivity index (χ1n) is 7.96. The first-order chi connectivity index (χ1) is 12.0. The first kappa shape index (κ1) is 18.3. The van der Waals surface area contributed by atoms with Crippen LogP contribution >= 0.6 is 15.9 Å². The lowest BCUT2D eigenvalue weighted by Gasteiger charge is -2.26. The molecule has 3 rings (SSSR count). The van der Waals surface area contributed by atoms with Gasteiger partial charge in [-0.05, 0) is 29.8 Å². The average Bonchev–Trinajstić information content (AvgIpc) is 2.64. The minimum Gasteiger partial charge on any atom is -0.379 e. The van der Waals surface area contributed by atoms with Crippen LogP contribution in [0.4, 0.5) is 5.82 Å². The number of nitrogens with zero attached hydrogens (tertiary/aromatic N) is 3. The van der Waals surface area contributed by atoms with Crippen molar-refractivity contribution in [2.75, 3.05) is 38.3 Å². The van der Waals surface area contributed by atoms with Crippen LogP contribution in [0.15, 0.2) is 52.0 Å². The Morgan fingerprint density at radius 1 is 1.16 bits per heavy atom. The molecule has 134 valence electrons. The fourth-order valence-electron chi connectivity index (χ4n) is 2.63. The molecule has 6 nitrogen and oxygen atoms in total. The van der Waals surface area contributed by atoms with E-state index in [0.717, 1.165) is 15.9 Å². The van der Waals surface area contributed by atoms with E-state index in [0.29, 0.717) is 32.8 Å². The van der Waals surface area contributed by atoms with Gasteiger partial charge in [0, 0.05) is 37.4 Å². The molecule has 0 aliphatic carbocycles. The largest absolute Gasteiger partial charge is 0.379 e. The highest BCUT2D eigenvalue weighted by atomic mass is 79.9. The van der Waals surface area contributed by atoms with E-state index in [-0.39, 0.29) is 4.90 Å². The standard InChI is InChI=1S/C17H20BrN3O3S/c1-20(13-14-2-4-15(18)5-3-14)17-7-6-16(12-19-17)25(22,23)21-8-10-24-11-9-21/h2-7,12H,8-11,13H2,1H3. The summed E-state index contributed by atoms with van der Waals surface area (Å²) in [5, 5.41) is 0. The third kappa shape index (κ3) is 4.38. The number of anilines is 1.